The number of fused-ring (bicyclic) bond motifs is 1. The zero-order chi connectivity index (χ0) is 13.3. The first-order valence-corrected chi connectivity index (χ1v) is 6.31. The van der Waals surface area contributed by atoms with Gasteiger partial charge < -0.3 is 0 Å². The minimum absolute atomic E-state index is 0.0668. The fourth-order valence-electron chi connectivity index (χ4n) is 1.76. The van der Waals surface area contributed by atoms with E-state index < -0.39 is 11.7 Å². The number of benzene rings is 1. The molecular formula is C13H12F3NS. The van der Waals surface area contributed by atoms with Gasteiger partial charge in [0, 0.05) is 6.42 Å². The molecule has 0 saturated carbocycles. The molecule has 1 heterocycles. The first kappa shape index (κ1) is 13.1. The Morgan fingerprint density at radius 2 is 2.11 bits per heavy atom. The molecule has 2 aromatic rings. The van der Waals surface area contributed by atoms with Crippen LogP contribution >= 0.6 is 11.3 Å². The van der Waals surface area contributed by atoms with Crippen molar-refractivity contribution in [2.45, 2.75) is 25.9 Å². The third-order valence-electron chi connectivity index (χ3n) is 2.55. The van der Waals surface area contributed by atoms with Gasteiger partial charge in [-0.1, -0.05) is 6.08 Å². The first-order chi connectivity index (χ1) is 8.41. The minimum atomic E-state index is -4.35. The molecule has 18 heavy (non-hydrogen) atoms. The van der Waals surface area contributed by atoms with Gasteiger partial charge in [0.15, 0.2) is 0 Å². The normalized spacial score (nSPS) is 12.0. The number of aryl methyl sites for hydroxylation is 2. The molecule has 0 amide bonds. The smallest absolute Gasteiger partial charge is 0.241 e. The van der Waals surface area contributed by atoms with Crippen LogP contribution in [0.25, 0.3) is 10.2 Å². The average molecular weight is 271 g/mol. The number of aromatic nitrogens is 1. The second-order valence-corrected chi connectivity index (χ2v) is 5.21. The molecule has 0 fully saturated rings. The van der Waals surface area contributed by atoms with Crippen molar-refractivity contribution in [1.29, 1.82) is 0 Å². The van der Waals surface area contributed by atoms with Crippen molar-refractivity contribution in [3.8, 4) is 0 Å². The quantitative estimate of drug-likeness (QED) is 0.735. The van der Waals surface area contributed by atoms with E-state index in [1.165, 1.54) is 11.3 Å². The highest BCUT2D eigenvalue weighted by Gasteiger charge is 2.34. The molecule has 0 aliphatic heterocycles. The van der Waals surface area contributed by atoms with Gasteiger partial charge in [0.1, 0.15) is 0 Å². The fourth-order valence-corrected chi connectivity index (χ4v) is 2.87. The molecule has 0 aliphatic carbocycles. The second-order valence-electron chi connectivity index (χ2n) is 4.09. The van der Waals surface area contributed by atoms with Crippen LogP contribution in [0.5, 0.6) is 0 Å². The van der Waals surface area contributed by atoms with E-state index in [1.54, 1.807) is 19.1 Å². The van der Waals surface area contributed by atoms with Gasteiger partial charge >= 0.3 is 6.18 Å². The number of hydrogen-bond acceptors (Lipinski definition) is 2. The lowest BCUT2D eigenvalue weighted by molar-refractivity contribution is -0.136. The SMILES string of the molecule is C=CCCc1nc2c(C(F)(F)F)cc(C)cc2s1. The van der Waals surface area contributed by atoms with Crippen LogP contribution in [-0.4, -0.2) is 4.98 Å². The molecule has 0 saturated heterocycles. The van der Waals surface area contributed by atoms with Crippen LogP contribution in [0.3, 0.4) is 0 Å². The van der Waals surface area contributed by atoms with E-state index in [2.05, 4.69) is 11.6 Å². The lowest BCUT2D eigenvalue weighted by atomic mass is 10.1. The number of hydrogen-bond donors (Lipinski definition) is 0. The van der Waals surface area contributed by atoms with E-state index in [0.29, 0.717) is 16.7 Å². The molecular weight excluding hydrogens is 259 g/mol. The molecule has 96 valence electrons. The molecule has 0 N–H and O–H groups in total. The summed E-state index contributed by atoms with van der Waals surface area (Å²) in [5.74, 6) is 0. The second kappa shape index (κ2) is 4.72. The van der Waals surface area contributed by atoms with Crippen LogP contribution in [-0.2, 0) is 12.6 Å². The lowest BCUT2D eigenvalue weighted by Gasteiger charge is -2.07. The summed E-state index contributed by atoms with van der Waals surface area (Å²) in [5, 5.41) is 0.723. The molecule has 0 spiro atoms. The van der Waals surface area contributed by atoms with Crippen LogP contribution in [0.2, 0.25) is 0 Å². The standard InChI is InChI=1S/C13H12F3NS/c1-3-4-5-11-17-12-9(13(14,15)16)6-8(2)7-10(12)18-11/h3,6-7H,1,4-5H2,2H3. The molecule has 1 aromatic heterocycles. The van der Waals surface area contributed by atoms with Crippen molar-refractivity contribution in [2.24, 2.45) is 0 Å². The summed E-state index contributed by atoms with van der Waals surface area (Å²) >= 11 is 1.32. The molecule has 0 atom stereocenters. The Labute approximate surface area is 107 Å². The summed E-state index contributed by atoms with van der Waals surface area (Å²) in [5.41, 5.74) is 0.0320. The topological polar surface area (TPSA) is 12.9 Å². The Kier molecular flexibility index (Phi) is 3.43. The monoisotopic (exact) mass is 271 g/mol. The first-order valence-electron chi connectivity index (χ1n) is 5.50. The van der Waals surface area contributed by atoms with Crippen molar-refractivity contribution >= 4 is 21.6 Å². The molecule has 0 radical (unpaired) electrons. The predicted molar refractivity (Wildman–Crippen MR) is 67.9 cm³/mol. The maximum Gasteiger partial charge on any atom is 0.418 e. The maximum absolute atomic E-state index is 12.9. The highest BCUT2D eigenvalue weighted by molar-refractivity contribution is 7.18. The van der Waals surface area contributed by atoms with Crippen LogP contribution in [0.4, 0.5) is 13.2 Å². The predicted octanol–water partition coefficient (Wildman–Crippen LogP) is 4.74. The molecule has 1 aromatic carbocycles. The third kappa shape index (κ3) is 2.56. The number of halogens is 3. The highest BCUT2D eigenvalue weighted by Crippen LogP contribution is 2.37. The molecule has 5 heteroatoms. The number of rotatable bonds is 3. The summed E-state index contributed by atoms with van der Waals surface area (Å²) < 4.78 is 39.3. The Morgan fingerprint density at radius 1 is 1.39 bits per heavy atom. The Bertz CT molecular complexity index is 584. The Hall–Kier alpha value is -1.36. The molecule has 0 aliphatic rings. The molecule has 1 nitrogen and oxygen atoms in total. The number of nitrogens with zero attached hydrogens (tertiary/aromatic N) is 1. The Balaban J connectivity index is 2.57. The zero-order valence-electron chi connectivity index (χ0n) is 9.84. The van der Waals surface area contributed by atoms with Crippen LogP contribution < -0.4 is 0 Å². The van der Waals surface area contributed by atoms with E-state index >= 15 is 0 Å². The average Bonchev–Trinajstić information content (AvgIpc) is 2.66. The molecule has 0 bridgehead atoms. The zero-order valence-corrected chi connectivity index (χ0v) is 10.7. The largest absolute Gasteiger partial charge is 0.418 e. The van der Waals surface area contributed by atoms with Gasteiger partial charge in [-0.2, -0.15) is 13.2 Å². The summed E-state index contributed by atoms with van der Waals surface area (Å²) in [7, 11) is 0. The fraction of sp³-hybridized carbons (Fsp3) is 0.308. The van der Waals surface area contributed by atoms with E-state index in [4.69, 9.17) is 0 Å². The van der Waals surface area contributed by atoms with Gasteiger partial charge in [0.05, 0.1) is 20.8 Å². The van der Waals surface area contributed by atoms with Gasteiger partial charge in [0.2, 0.25) is 0 Å². The number of thiazole rings is 1. The van der Waals surface area contributed by atoms with Gasteiger partial charge in [-0.25, -0.2) is 4.98 Å². The Morgan fingerprint density at radius 3 is 2.72 bits per heavy atom. The van der Waals surface area contributed by atoms with Crippen molar-refractivity contribution in [3.63, 3.8) is 0 Å². The van der Waals surface area contributed by atoms with Gasteiger partial charge in [0.25, 0.3) is 0 Å². The van der Waals surface area contributed by atoms with Gasteiger partial charge in [-0.05, 0) is 31.0 Å². The van der Waals surface area contributed by atoms with Gasteiger partial charge in [-0.15, -0.1) is 17.9 Å². The minimum Gasteiger partial charge on any atom is -0.241 e. The van der Waals surface area contributed by atoms with Crippen molar-refractivity contribution in [2.75, 3.05) is 0 Å². The van der Waals surface area contributed by atoms with Crippen LogP contribution in [0.1, 0.15) is 22.6 Å². The maximum atomic E-state index is 12.9. The molecule has 2 rings (SSSR count). The summed E-state index contributed by atoms with van der Waals surface area (Å²) in [6.07, 6.45) is -1.25. The van der Waals surface area contributed by atoms with Crippen LogP contribution in [0.15, 0.2) is 24.8 Å². The summed E-state index contributed by atoms with van der Waals surface area (Å²) in [4.78, 5) is 4.11. The summed E-state index contributed by atoms with van der Waals surface area (Å²) in [6.45, 7) is 5.26. The van der Waals surface area contributed by atoms with E-state index in [-0.39, 0.29) is 5.52 Å². The van der Waals surface area contributed by atoms with E-state index in [1.807, 2.05) is 0 Å². The highest BCUT2D eigenvalue weighted by atomic mass is 32.1. The van der Waals surface area contributed by atoms with Crippen molar-refractivity contribution in [3.05, 3.63) is 40.9 Å². The van der Waals surface area contributed by atoms with Crippen LogP contribution in [0, 0.1) is 6.92 Å². The number of alkyl halides is 3. The van der Waals surface area contributed by atoms with Gasteiger partial charge in [-0.3, -0.25) is 0 Å². The van der Waals surface area contributed by atoms with E-state index in [9.17, 15) is 13.2 Å². The number of allylic oxidation sites excluding steroid dienone is 1. The third-order valence-corrected chi connectivity index (χ3v) is 3.61. The van der Waals surface area contributed by atoms with Crippen molar-refractivity contribution < 1.29 is 13.2 Å². The van der Waals surface area contributed by atoms with E-state index in [0.717, 1.165) is 17.5 Å². The van der Waals surface area contributed by atoms with Crippen molar-refractivity contribution in [1.82, 2.24) is 4.98 Å². The molecule has 0 unspecified atom stereocenters. The lowest BCUT2D eigenvalue weighted by Crippen LogP contribution is -2.06. The summed E-state index contributed by atoms with van der Waals surface area (Å²) in [6, 6.07) is 2.90.